The van der Waals surface area contributed by atoms with Gasteiger partial charge in [-0.05, 0) is 94.7 Å². The molecule has 206 valence electrons. The van der Waals surface area contributed by atoms with Crippen molar-refractivity contribution in [3.05, 3.63) is 64.7 Å². The van der Waals surface area contributed by atoms with Crippen molar-refractivity contribution in [2.24, 2.45) is 5.92 Å². The first kappa shape index (κ1) is 28.1. The zero-order valence-corrected chi connectivity index (χ0v) is 23.6. The summed E-state index contributed by atoms with van der Waals surface area (Å²) >= 11 is 0. The SMILES string of the molecule is CCCCCc1cc(OCCCC(=O)NCCc2ccc(O)cc2)c2c(c1)OC(C)(C)[C@@H]1CC=C(C)C[C@@H]21. The molecule has 5 nitrogen and oxygen atoms in total. The van der Waals surface area contributed by atoms with E-state index in [1.807, 2.05) is 12.1 Å². The second kappa shape index (κ2) is 12.7. The molecule has 5 heteroatoms. The fourth-order valence-electron chi connectivity index (χ4n) is 5.96. The Bertz CT molecular complexity index is 1120. The van der Waals surface area contributed by atoms with Crippen molar-refractivity contribution in [3.63, 3.8) is 0 Å². The fraction of sp³-hybridized carbons (Fsp3) is 0.545. The Kier molecular flexibility index (Phi) is 9.40. The van der Waals surface area contributed by atoms with Gasteiger partial charge in [-0.15, -0.1) is 0 Å². The molecule has 2 aliphatic rings. The number of rotatable bonds is 12. The predicted octanol–water partition coefficient (Wildman–Crippen LogP) is 7.25. The number of ether oxygens (including phenoxy) is 2. The van der Waals surface area contributed by atoms with Gasteiger partial charge in [0.2, 0.25) is 5.91 Å². The van der Waals surface area contributed by atoms with Crippen molar-refractivity contribution in [1.29, 1.82) is 0 Å². The van der Waals surface area contributed by atoms with Crippen LogP contribution in [-0.4, -0.2) is 29.8 Å². The summed E-state index contributed by atoms with van der Waals surface area (Å²) in [6, 6.07) is 11.6. The number of unbranched alkanes of at least 4 members (excludes halogenated alkanes) is 2. The van der Waals surface area contributed by atoms with Crippen LogP contribution in [0.2, 0.25) is 0 Å². The lowest BCUT2D eigenvalue weighted by molar-refractivity contribution is -0.121. The van der Waals surface area contributed by atoms with Gasteiger partial charge in [0.1, 0.15) is 22.8 Å². The minimum absolute atomic E-state index is 0.0425. The number of nitrogens with one attached hydrogen (secondary N) is 1. The number of amides is 1. The molecule has 0 aromatic heterocycles. The number of allylic oxidation sites excluding steroid dienone is 2. The van der Waals surface area contributed by atoms with E-state index in [1.165, 1.54) is 29.5 Å². The van der Waals surface area contributed by atoms with Gasteiger partial charge in [-0.25, -0.2) is 0 Å². The number of carbonyl (C=O) groups is 1. The van der Waals surface area contributed by atoms with Gasteiger partial charge >= 0.3 is 0 Å². The van der Waals surface area contributed by atoms with Gasteiger partial charge in [0.15, 0.2) is 0 Å². The normalized spacial score (nSPS) is 19.5. The van der Waals surface area contributed by atoms with E-state index in [2.05, 4.69) is 51.2 Å². The maximum Gasteiger partial charge on any atom is 0.220 e. The standard InChI is InChI=1S/C33H45NO4/c1-5-6-7-9-25-21-29(32-27-20-23(2)11-16-28(27)33(3,4)38-30(32)22-25)37-19-8-10-31(36)34-18-17-24-12-14-26(35)15-13-24/h11-15,21-22,27-28,35H,5-10,16-20H2,1-4H3,(H,34,36)/t27-,28-/m1/s1. The molecule has 0 unspecified atom stereocenters. The molecule has 1 heterocycles. The van der Waals surface area contributed by atoms with E-state index in [1.54, 1.807) is 12.1 Å². The lowest BCUT2D eigenvalue weighted by Crippen LogP contribution is -2.45. The first-order valence-corrected chi connectivity index (χ1v) is 14.5. The molecule has 0 bridgehead atoms. The molecule has 0 radical (unpaired) electrons. The average Bonchev–Trinajstić information content (AvgIpc) is 2.87. The molecule has 2 aromatic carbocycles. The van der Waals surface area contributed by atoms with E-state index in [0.29, 0.717) is 37.8 Å². The van der Waals surface area contributed by atoms with E-state index in [-0.39, 0.29) is 17.3 Å². The summed E-state index contributed by atoms with van der Waals surface area (Å²) in [4.78, 5) is 12.4. The van der Waals surface area contributed by atoms with Gasteiger partial charge in [0.05, 0.1) is 6.61 Å². The van der Waals surface area contributed by atoms with Crippen LogP contribution in [-0.2, 0) is 17.6 Å². The van der Waals surface area contributed by atoms with Gasteiger partial charge in [-0.3, -0.25) is 4.79 Å². The Balaban J connectivity index is 1.39. The van der Waals surface area contributed by atoms with Crippen LogP contribution in [0.3, 0.4) is 0 Å². The van der Waals surface area contributed by atoms with E-state index < -0.39 is 0 Å². The Labute approximate surface area is 228 Å². The summed E-state index contributed by atoms with van der Waals surface area (Å²) in [5.41, 5.74) is 4.81. The minimum atomic E-state index is -0.216. The van der Waals surface area contributed by atoms with Crippen LogP contribution in [0.5, 0.6) is 17.2 Å². The van der Waals surface area contributed by atoms with Gasteiger partial charge in [-0.2, -0.15) is 0 Å². The molecule has 2 atom stereocenters. The Morgan fingerprint density at radius 3 is 2.66 bits per heavy atom. The predicted molar refractivity (Wildman–Crippen MR) is 153 cm³/mol. The largest absolute Gasteiger partial charge is 0.508 e. The highest BCUT2D eigenvalue weighted by atomic mass is 16.5. The number of aromatic hydroxyl groups is 1. The summed E-state index contributed by atoms with van der Waals surface area (Å²) in [6.45, 7) is 10.0. The molecule has 1 aliphatic carbocycles. The zero-order chi connectivity index (χ0) is 27.1. The number of phenolic OH excluding ortho intramolecular Hbond substituents is 1. The van der Waals surface area contributed by atoms with Crippen molar-refractivity contribution in [3.8, 4) is 17.2 Å². The molecule has 1 aliphatic heterocycles. The third-order valence-electron chi connectivity index (χ3n) is 8.10. The highest BCUT2D eigenvalue weighted by Crippen LogP contribution is 2.54. The highest BCUT2D eigenvalue weighted by molar-refractivity contribution is 5.75. The number of aryl methyl sites for hydroxylation is 1. The van der Waals surface area contributed by atoms with Crippen LogP contribution in [0.4, 0.5) is 0 Å². The lowest BCUT2D eigenvalue weighted by Gasteiger charge is -2.47. The van der Waals surface area contributed by atoms with Crippen LogP contribution < -0.4 is 14.8 Å². The Hall–Kier alpha value is -2.95. The average molecular weight is 520 g/mol. The van der Waals surface area contributed by atoms with Crippen molar-refractivity contribution < 1.29 is 19.4 Å². The number of carbonyl (C=O) groups excluding carboxylic acids is 1. The molecule has 0 spiro atoms. The quantitative estimate of drug-likeness (QED) is 0.229. The van der Waals surface area contributed by atoms with Crippen LogP contribution >= 0.6 is 0 Å². The Morgan fingerprint density at radius 2 is 1.89 bits per heavy atom. The van der Waals surface area contributed by atoms with E-state index in [4.69, 9.17) is 9.47 Å². The number of fused-ring (bicyclic) bond motifs is 3. The minimum Gasteiger partial charge on any atom is -0.508 e. The topological polar surface area (TPSA) is 67.8 Å². The molecule has 2 N–H and O–H groups in total. The third-order valence-corrected chi connectivity index (χ3v) is 8.10. The van der Waals surface area contributed by atoms with Crippen LogP contribution in [0.1, 0.15) is 95.2 Å². The van der Waals surface area contributed by atoms with Gasteiger partial charge in [0, 0.05) is 30.4 Å². The molecule has 0 saturated heterocycles. The monoisotopic (exact) mass is 519 g/mol. The summed E-state index contributed by atoms with van der Waals surface area (Å²) in [7, 11) is 0. The molecular formula is C33H45NO4. The number of hydrogen-bond donors (Lipinski definition) is 2. The van der Waals surface area contributed by atoms with E-state index in [9.17, 15) is 9.90 Å². The maximum atomic E-state index is 12.4. The second-order valence-corrected chi connectivity index (χ2v) is 11.6. The van der Waals surface area contributed by atoms with Crippen LogP contribution in [0.15, 0.2) is 48.0 Å². The molecule has 2 aromatic rings. The first-order chi connectivity index (χ1) is 18.3. The van der Waals surface area contributed by atoms with E-state index in [0.717, 1.165) is 49.2 Å². The van der Waals surface area contributed by atoms with Crippen molar-refractivity contribution in [1.82, 2.24) is 5.32 Å². The van der Waals surface area contributed by atoms with Crippen molar-refractivity contribution in [2.75, 3.05) is 13.2 Å². The Morgan fingerprint density at radius 1 is 1.11 bits per heavy atom. The molecule has 0 saturated carbocycles. The summed E-state index contributed by atoms with van der Waals surface area (Å²) in [6.07, 6.45) is 10.9. The zero-order valence-electron chi connectivity index (χ0n) is 23.6. The van der Waals surface area contributed by atoms with Crippen molar-refractivity contribution >= 4 is 5.91 Å². The van der Waals surface area contributed by atoms with Gasteiger partial charge in [-0.1, -0.05) is 43.5 Å². The molecule has 38 heavy (non-hydrogen) atoms. The molecular weight excluding hydrogens is 474 g/mol. The van der Waals surface area contributed by atoms with Gasteiger partial charge in [0.25, 0.3) is 0 Å². The number of phenols is 1. The number of hydrogen-bond acceptors (Lipinski definition) is 4. The fourth-order valence-corrected chi connectivity index (χ4v) is 5.96. The maximum absolute atomic E-state index is 12.4. The van der Waals surface area contributed by atoms with Crippen molar-refractivity contribution in [2.45, 2.75) is 97.0 Å². The lowest BCUT2D eigenvalue weighted by atomic mass is 9.67. The van der Waals surface area contributed by atoms with E-state index >= 15 is 0 Å². The molecule has 4 rings (SSSR count). The molecule has 1 amide bonds. The van der Waals surface area contributed by atoms with Crippen LogP contribution in [0, 0.1) is 5.92 Å². The second-order valence-electron chi connectivity index (χ2n) is 11.6. The summed E-state index contributed by atoms with van der Waals surface area (Å²) < 4.78 is 13.1. The highest BCUT2D eigenvalue weighted by Gasteiger charge is 2.45. The third kappa shape index (κ3) is 7.12. The summed E-state index contributed by atoms with van der Waals surface area (Å²) in [5.74, 6) is 3.05. The van der Waals surface area contributed by atoms with Gasteiger partial charge < -0.3 is 19.9 Å². The number of benzene rings is 2. The summed E-state index contributed by atoms with van der Waals surface area (Å²) in [5, 5.41) is 12.4. The van der Waals surface area contributed by atoms with Crippen LogP contribution in [0.25, 0.3) is 0 Å². The molecule has 0 fully saturated rings. The smallest absolute Gasteiger partial charge is 0.220 e. The first-order valence-electron chi connectivity index (χ1n) is 14.5.